The van der Waals surface area contributed by atoms with Gasteiger partial charge in [-0.05, 0) is 6.92 Å². The minimum Gasteiger partial charge on any atom is -0.302 e. The van der Waals surface area contributed by atoms with Crippen LogP contribution in [-0.2, 0) is 0 Å². The van der Waals surface area contributed by atoms with E-state index >= 15 is 0 Å². The number of aliphatic imine (C=N–C) groups is 1. The Morgan fingerprint density at radius 2 is 2.38 bits per heavy atom. The predicted octanol–water partition coefficient (Wildman–Crippen LogP) is 0.354. The molecule has 0 saturated carbocycles. The van der Waals surface area contributed by atoms with Gasteiger partial charge in [-0.2, -0.15) is 0 Å². The van der Waals surface area contributed by atoms with Crippen molar-refractivity contribution in [1.29, 1.82) is 0 Å². The molecular formula is C5H11N3. The van der Waals surface area contributed by atoms with E-state index in [1.54, 1.807) is 7.05 Å². The average Bonchev–Trinajstić information content (AvgIpc) is 1.67. The highest BCUT2D eigenvalue weighted by molar-refractivity contribution is 5.79. The third kappa shape index (κ3) is 2.36. The number of rotatable bonds is 1. The second-order valence-electron chi connectivity index (χ2n) is 1.47. The molecular weight excluding hydrogens is 102 g/mol. The number of hydrogen-bond acceptors (Lipinski definition) is 2. The van der Waals surface area contributed by atoms with E-state index in [-0.39, 0.29) is 0 Å². The van der Waals surface area contributed by atoms with Crippen LogP contribution in [0.15, 0.2) is 17.8 Å². The SMILES string of the molecule is C=C/N=C(/C)N(C)N. The highest BCUT2D eigenvalue weighted by Crippen LogP contribution is 1.77. The molecule has 0 bridgehead atoms. The second kappa shape index (κ2) is 3.21. The summed E-state index contributed by atoms with van der Waals surface area (Å²) in [7, 11) is 1.72. The van der Waals surface area contributed by atoms with Crippen LogP contribution in [0.25, 0.3) is 0 Å². The van der Waals surface area contributed by atoms with Gasteiger partial charge >= 0.3 is 0 Å². The lowest BCUT2D eigenvalue weighted by Gasteiger charge is -2.08. The molecule has 0 amide bonds. The zero-order valence-electron chi connectivity index (χ0n) is 5.26. The minimum absolute atomic E-state index is 0.750. The first kappa shape index (κ1) is 7.17. The molecule has 0 rings (SSSR count). The largest absolute Gasteiger partial charge is 0.302 e. The van der Waals surface area contributed by atoms with Crippen molar-refractivity contribution in [2.75, 3.05) is 7.05 Å². The first-order valence-electron chi connectivity index (χ1n) is 2.32. The lowest BCUT2D eigenvalue weighted by Crippen LogP contribution is -2.30. The fraction of sp³-hybridized carbons (Fsp3) is 0.400. The zero-order chi connectivity index (χ0) is 6.57. The van der Waals surface area contributed by atoms with Gasteiger partial charge in [0.05, 0.1) is 0 Å². The van der Waals surface area contributed by atoms with Crippen LogP contribution in [-0.4, -0.2) is 17.9 Å². The molecule has 0 fully saturated rings. The molecule has 3 heteroatoms. The van der Waals surface area contributed by atoms with Gasteiger partial charge < -0.3 is 5.01 Å². The number of amidine groups is 1. The maximum Gasteiger partial charge on any atom is 0.115 e. The number of nitrogens with two attached hydrogens (primary N) is 1. The molecule has 0 unspecified atom stereocenters. The zero-order valence-corrected chi connectivity index (χ0v) is 5.26. The predicted molar refractivity (Wildman–Crippen MR) is 35.3 cm³/mol. The Labute approximate surface area is 49.5 Å². The number of nitrogens with zero attached hydrogens (tertiary/aromatic N) is 2. The third-order valence-corrected chi connectivity index (χ3v) is 0.789. The Hall–Kier alpha value is -0.830. The van der Waals surface area contributed by atoms with E-state index in [0.717, 1.165) is 5.84 Å². The molecule has 3 nitrogen and oxygen atoms in total. The average molecular weight is 113 g/mol. The van der Waals surface area contributed by atoms with Gasteiger partial charge in [-0.25, -0.2) is 10.8 Å². The summed E-state index contributed by atoms with van der Waals surface area (Å²) in [4.78, 5) is 3.81. The molecule has 0 heterocycles. The Kier molecular flexibility index (Phi) is 2.88. The molecule has 8 heavy (non-hydrogen) atoms. The van der Waals surface area contributed by atoms with Gasteiger partial charge in [0, 0.05) is 13.2 Å². The second-order valence-corrected chi connectivity index (χ2v) is 1.47. The Morgan fingerprint density at radius 3 is 2.50 bits per heavy atom. The fourth-order valence-corrected chi connectivity index (χ4v) is 0.223. The van der Waals surface area contributed by atoms with Crippen LogP contribution in [0, 0.1) is 0 Å². The van der Waals surface area contributed by atoms with Crippen LogP contribution in [0.1, 0.15) is 6.92 Å². The molecule has 0 aromatic rings. The summed E-state index contributed by atoms with van der Waals surface area (Å²) in [6, 6.07) is 0. The minimum atomic E-state index is 0.750. The van der Waals surface area contributed by atoms with E-state index < -0.39 is 0 Å². The molecule has 46 valence electrons. The summed E-state index contributed by atoms with van der Waals surface area (Å²) in [5.74, 6) is 6.03. The topological polar surface area (TPSA) is 41.6 Å². The van der Waals surface area contributed by atoms with E-state index in [0.29, 0.717) is 0 Å². The summed E-state index contributed by atoms with van der Waals surface area (Å²) < 4.78 is 0. The molecule has 0 aliphatic rings. The van der Waals surface area contributed by atoms with Gasteiger partial charge in [-0.1, -0.05) is 6.58 Å². The first-order chi connectivity index (χ1) is 3.68. The van der Waals surface area contributed by atoms with Crippen molar-refractivity contribution in [3.63, 3.8) is 0 Å². The van der Waals surface area contributed by atoms with Crippen molar-refractivity contribution in [3.8, 4) is 0 Å². The maximum atomic E-state index is 5.28. The highest BCUT2D eigenvalue weighted by Gasteiger charge is 1.87. The lowest BCUT2D eigenvalue weighted by molar-refractivity contribution is 0.535. The van der Waals surface area contributed by atoms with Gasteiger partial charge in [0.2, 0.25) is 0 Å². The summed E-state index contributed by atoms with van der Waals surface area (Å²) in [5, 5.41) is 1.43. The number of hydrogen-bond donors (Lipinski definition) is 1. The molecule has 0 aliphatic heterocycles. The summed E-state index contributed by atoms with van der Waals surface area (Å²) in [6.07, 6.45) is 1.46. The van der Waals surface area contributed by atoms with E-state index in [1.165, 1.54) is 11.2 Å². The van der Waals surface area contributed by atoms with Gasteiger partial charge in [0.25, 0.3) is 0 Å². The molecule has 0 radical (unpaired) electrons. The summed E-state index contributed by atoms with van der Waals surface area (Å²) in [5.41, 5.74) is 0. The normalized spacial score (nSPS) is 11.1. The van der Waals surface area contributed by atoms with Gasteiger partial charge in [-0.3, -0.25) is 0 Å². The van der Waals surface area contributed by atoms with Crippen LogP contribution in [0.5, 0.6) is 0 Å². The molecule has 0 aromatic carbocycles. The standard InChI is InChI=1S/C5H11N3/c1-4-7-5(2)8(3)6/h4H,1,6H2,2-3H3/b7-5-. The van der Waals surface area contributed by atoms with Gasteiger partial charge in [-0.15, -0.1) is 0 Å². The van der Waals surface area contributed by atoms with E-state index in [4.69, 9.17) is 5.84 Å². The highest BCUT2D eigenvalue weighted by atomic mass is 15.4. The van der Waals surface area contributed by atoms with Crippen molar-refractivity contribution in [2.24, 2.45) is 10.8 Å². The van der Waals surface area contributed by atoms with Gasteiger partial charge in [0.1, 0.15) is 5.84 Å². The van der Waals surface area contributed by atoms with Crippen LogP contribution in [0.2, 0.25) is 0 Å². The maximum absolute atomic E-state index is 5.28. The van der Waals surface area contributed by atoms with Crippen molar-refractivity contribution >= 4 is 5.84 Å². The monoisotopic (exact) mass is 113 g/mol. The van der Waals surface area contributed by atoms with Crippen molar-refractivity contribution in [1.82, 2.24) is 5.01 Å². The van der Waals surface area contributed by atoms with E-state index in [9.17, 15) is 0 Å². The summed E-state index contributed by atoms with van der Waals surface area (Å²) in [6.45, 7) is 5.22. The van der Waals surface area contributed by atoms with Crippen LogP contribution in [0.4, 0.5) is 0 Å². The smallest absolute Gasteiger partial charge is 0.115 e. The fourth-order valence-electron chi connectivity index (χ4n) is 0.223. The van der Waals surface area contributed by atoms with E-state index in [2.05, 4.69) is 11.6 Å². The van der Waals surface area contributed by atoms with E-state index in [1.807, 2.05) is 6.92 Å². The number of hydrazine groups is 1. The van der Waals surface area contributed by atoms with Crippen LogP contribution < -0.4 is 5.84 Å². The summed E-state index contributed by atoms with van der Waals surface area (Å²) >= 11 is 0. The van der Waals surface area contributed by atoms with Crippen LogP contribution >= 0.6 is 0 Å². The molecule has 0 saturated heterocycles. The van der Waals surface area contributed by atoms with Gasteiger partial charge in [0.15, 0.2) is 0 Å². The third-order valence-electron chi connectivity index (χ3n) is 0.789. The van der Waals surface area contributed by atoms with Crippen molar-refractivity contribution < 1.29 is 0 Å². The quantitative estimate of drug-likeness (QED) is 0.231. The molecule has 2 N–H and O–H groups in total. The van der Waals surface area contributed by atoms with Crippen molar-refractivity contribution in [3.05, 3.63) is 12.8 Å². The Balaban J connectivity index is 3.78. The Morgan fingerprint density at radius 1 is 1.88 bits per heavy atom. The first-order valence-corrected chi connectivity index (χ1v) is 2.32. The molecule has 0 aliphatic carbocycles. The lowest BCUT2D eigenvalue weighted by atomic mass is 10.6. The van der Waals surface area contributed by atoms with Crippen molar-refractivity contribution in [2.45, 2.75) is 6.92 Å². The molecule has 0 spiro atoms. The Bertz CT molecular complexity index is 104. The van der Waals surface area contributed by atoms with Crippen LogP contribution in [0.3, 0.4) is 0 Å². The molecule has 0 aromatic heterocycles. The molecule has 0 atom stereocenters.